The second kappa shape index (κ2) is 6.93. The molecule has 7 heteroatoms. The van der Waals surface area contributed by atoms with Crippen LogP contribution in [0, 0.1) is 11.8 Å². The number of rotatable bonds is 5. The van der Waals surface area contributed by atoms with Crippen LogP contribution in [0.4, 0.5) is 10.8 Å². The third-order valence-electron chi connectivity index (χ3n) is 5.10. The lowest BCUT2D eigenvalue weighted by molar-refractivity contribution is -0.117. The summed E-state index contributed by atoms with van der Waals surface area (Å²) in [6.45, 7) is 1.76. The molecule has 136 valence electrons. The maximum Gasteiger partial charge on any atom is 0.232 e. The quantitative estimate of drug-likeness (QED) is 0.652. The molecule has 1 aromatic carbocycles. The summed E-state index contributed by atoms with van der Waals surface area (Å²) < 4.78 is 0. The molecule has 0 radical (unpaired) electrons. The van der Waals surface area contributed by atoms with Crippen molar-refractivity contribution in [3.8, 4) is 5.88 Å². The Hall–Kier alpha value is -2.05. The normalized spacial score (nSPS) is 24.6. The summed E-state index contributed by atoms with van der Waals surface area (Å²) in [5.41, 5.74) is 0.630. The molecule has 0 saturated heterocycles. The van der Waals surface area contributed by atoms with Crippen molar-refractivity contribution in [1.82, 2.24) is 4.98 Å². The second-order valence-electron chi connectivity index (χ2n) is 6.96. The van der Waals surface area contributed by atoms with Crippen molar-refractivity contribution in [2.75, 3.05) is 10.6 Å². The van der Waals surface area contributed by atoms with Gasteiger partial charge in [0.25, 0.3) is 0 Å². The molecule has 1 saturated carbocycles. The highest BCUT2D eigenvalue weighted by Gasteiger charge is 2.36. The lowest BCUT2D eigenvalue weighted by atomic mass is 10.0. The molecule has 1 amide bonds. The van der Waals surface area contributed by atoms with E-state index in [1.807, 2.05) is 0 Å². The minimum atomic E-state index is -0.512. The Labute approximate surface area is 161 Å². The number of amides is 1. The first kappa shape index (κ1) is 17.4. The van der Waals surface area contributed by atoms with Crippen molar-refractivity contribution in [2.45, 2.75) is 31.7 Å². The Balaban J connectivity index is 1.44. The minimum absolute atomic E-state index is 0.0788. The average molecular weight is 390 g/mol. The van der Waals surface area contributed by atoms with E-state index in [1.165, 1.54) is 17.8 Å². The average Bonchev–Trinajstić information content (AvgIpc) is 3.30. The van der Waals surface area contributed by atoms with Crippen molar-refractivity contribution < 1.29 is 9.90 Å². The standard InChI is InChI=1S/C19H20ClN3O2S/c1-10(17(24)21-14-4-2-3-13(20)9-14)16-18(25)23-19(26-16)22-15-8-11-5-6-12(15)7-11/h2-6,9-12,15,25H,7-8H2,1H3,(H,21,24)(H,22,23). The van der Waals surface area contributed by atoms with Crippen molar-refractivity contribution in [3.63, 3.8) is 0 Å². The fraction of sp³-hybridized carbons (Fsp3) is 0.368. The van der Waals surface area contributed by atoms with Gasteiger partial charge in [-0.05, 0) is 49.8 Å². The van der Waals surface area contributed by atoms with Gasteiger partial charge in [-0.15, -0.1) is 0 Å². The van der Waals surface area contributed by atoms with Gasteiger partial charge in [-0.1, -0.05) is 41.2 Å². The third kappa shape index (κ3) is 3.44. The smallest absolute Gasteiger partial charge is 0.232 e. The van der Waals surface area contributed by atoms with Crippen LogP contribution in [0.15, 0.2) is 36.4 Å². The van der Waals surface area contributed by atoms with Gasteiger partial charge in [-0.25, -0.2) is 0 Å². The summed E-state index contributed by atoms with van der Waals surface area (Å²) in [6, 6.07) is 7.35. The summed E-state index contributed by atoms with van der Waals surface area (Å²) in [4.78, 5) is 17.3. The van der Waals surface area contributed by atoms with Crippen LogP contribution in [0.2, 0.25) is 5.02 Å². The van der Waals surface area contributed by atoms with Crippen LogP contribution in [0.5, 0.6) is 5.88 Å². The summed E-state index contributed by atoms with van der Waals surface area (Å²) >= 11 is 7.29. The summed E-state index contributed by atoms with van der Waals surface area (Å²) in [7, 11) is 0. The third-order valence-corrected chi connectivity index (χ3v) is 6.49. The zero-order valence-corrected chi connectivity index (χ0v) is 15.8. The van der Waals surface area contributed by atoms with Crippen molar-refractivity contribution in [3.05, 3.63) is 46.3 Å². The van der Waals surface area contributed by atoms with Gasteiger partial charge >= 0.3 is 0 Å². The highest BCUT2D eigenvalue weighted by Crippen LogP contribution is 2.42. The van der Waals surface area contributed by atoms with E-state index in [-0.39, 0.29) is 11.8 Å². The van der Waals surface area contributed by atoms with E-state index in [0.29, 0.717) is 38.6 Å². The molecule has 2 bridgehead atoms. The van der Waals surface area contributed by atoms with Crippen LogP contribution >= 0.6 is 22.9 Å². The number of aromatic hydroxyl groups is 1. The van der Waals surface area contributed by atoms with Crippen molar-refractivity contribution >= 4 is 39.7 Å². The molecule has 2 aromatic rings. The largest absolute Gasteiger partial charge is 0.492 e. The van der Waals surface area contributed by atoms with Crippen LogP contribution in [-0.4, -0.2) is 22.0 Å². The van der Waals surface area contributed by atoms with Gasteiger partial charge < -0.3 is 15.7 Å². The van der Waals surface area contributed by atoms with Crippen molar-refractivity contribution in [1.29, 1.82) is 0 Å². The van der Waals surface area contributed by atoms with E-state index in [1.54, 1.807) is 31.2 Å². The predicted molar refractivity (Wildman–Crippen MR) is 105 cm³/mol. The topological polar surface area (TPSA) is 74.2 Å². The van der Waals surface area contributed by atoms with Crippen LogP contribution in [-0.2, 0) is 4.79 Å². The van der Waals surface area contributed by atoms with Gasteiger partial charge in [0.1, 0.15) is 0 Å². The van der Waals surface area contributed by atoms with E-state index in [2.05, 4.69) is 27.8 Å². The van der Waals surface area contributed by atoms with E-state index < -0.39 is 5.92 Å². The van der Waals surface area contributed by atoms with Gasteiger partial charge in [-0.2, -0.15) is 4.98 Å². The number of hydrogen-bond acceptors (Lipinski definition) is 5. The molecular weight excluding hydrogens is 370 g/mol. The molecule has 2 aliphatic carbocycles. The van der Waals surface area contributed by atoms with Crippen LogP contribution in [0.3, 0.4) is 0 Å². The fourth-order valence-electron chi connectivity index (χ4n) is 3.71. The number of aromatic nitrogens is 1. The van der Waals surface area contributed by atoms with E-state index in [4.69, 9.17) is 11.6 Å². The maximum absolute atomic E-state index is 12.5. The predicted octanol–water partition coefficient (Wildman–Crippen LogP) is 4.62. The molecule has 1 heterocycles. The Bertz CT molecular complexity index is 866. The fourth-order valence-corrected chi connectivity index (χ4v) is 4.87. The number of hydrogen-bond donors (Lipinski definition) is 3. The summed E-state index contributed by atoms with van der Waals surface area (Å²) in [5, 5.41) is 17.7. The Morgan fingerprint density at radius 1 is 1.38 bits per heavy atom. The highest BCUT2D eigenvalue weighted by atomic mass is 35.5. The molecule has 4 unspecified atom stereocenters. The van der Waals surface area contributed by atoms with E-state index >= 15 is 0 Å². The Morgan fingerprint density at radius 2 is 2.23 bits per heavy atom. The Morgan fingerprint density at radius 3 is 2.92 bits per heavy atom. The number of nitrogens with zero attached hydrogens (tertiary/aromatic N) is 1. The molecule has 26 heavy (non-hydrogen) atoms. The molecular formula is C19H20ClN3O2S. The highest BCUT2D eigenvalue weighted by molar-refractivity contribution is 7.16. The molecule has 0 aliphatic heterocycles. The molecule has 2 aliphatic rings. The number of fused-ring (bicyclic) bond motifs is 2. The van der Waals surface area contributed by atoms with Gasteiger partial charge in [0.05, 0.1) is 10.8 Å². The number of carbonyl (C=O) groups is 1. The number of allylic oxidation sites excluding steroid dienone is 1. The first-order valence-electron chi connectivity index (χ1n) is 8.70. The lowest BCUT2D eigenvalue weighted by Gasteiger charge is -2.18. The van der Waals surface area contributed by atoms with Gasteiger partial charge in [0.2, 0.25) is 11.8 Å². The molecule has 4 atom stereocenters. The number of anilines is 2. The minimum Gasteiger partial charge on any atom is -0.492 e. The van der Waals surface area contributed by atoms with Crippen molar-refractivity contribution in [2.24, 2.45) is 11.8 Å². The number of thiazole rings is 1. The van der Waals surface area contributed by atoms with Crippen LogP contribution < -0.4 is 10.6 Å². The summed E-state index contributed by atoms with van der Waals surface area (Å²) in [5.74, 6) is 0.401. The van der Waals surface area contributed by atoms with Gasteiger partial charge in [0.15, 0.2) is 5.13 Å². The number of nitrogens with one attached hydrogen (secondary N) is 2. The number of halogens is 1. The SMILES string of the molecule is CC(C(=O)Nc1cccc(Cl)c1)c1sc(NC2CC3C=CC2C3)nc1O. The first-order valence-corrected chi connectivity index (χ1v) is 9.90. The lowest BCUT2D eigenvalue weighted by Crippen LogP contribution is -2.23. The van der Waals surface area contributed by atoms with E-state index in [0.717, 1.165) is 6.42 Å². The maximum atomic E-state index is 12.5. The molecule has 1 aromatic heterocycles. The molecule has 3 N–H and O–H groups in total. The number of carbonyl (C=O) groups excluding carboxylic acids is 1. The van der Waals surface area contributed by atoms with E-state index in [9.17, 15) is 9.90 Å². The zero-order valence-electron chi connectivity index (χ0n) is 14.3. The second-order valence-corrected chi connectivity index (χ2v) is 8.43. The van der Waals surface area contributed by atoms with Crippen LogP contribution in [0.1, 0.15) is 30.6 Å². The molecule has 5 nitrogen and oxygen atoms in total. The number of benzene rings is 1. The van der Waals surface area contributed by atoms with Gasteiger partial charge in [0, 0.05) is 16.8 Å². The summed E-state index contributed by atoms with van der Waals surface area (Å²) in [6.07, 6.45) is 6.85. The van der Waals surface area contributed by atoms with Crippen LogP contribution in [0.25, 0.3) is 0 Å². The Kier molecular flexibility index (Phi) is 4.63. The molecule has 0 spiro atoms. The molecule has 4 rings (SSSR count). The molecule has 1 fully saturated rings. The zero-order chi connectivity index (χ0) is 18.3. The first-order chi connectivity index (χ1) is 12.5. The van der Waals surface area contributed by atoms with Gasteiger partial charge in [-0.3, -0.25) is 4.79 Å². The monoisotopic (exact) mass is 389 g/mol.